The zero-order valence-corrected chi connectivity index (χ0v) is 25.1. The third-order valence-corrected chi connectivity index (χ3v) is 12.5. The van der Waals surface area contributed by atoms with Gasteiger partial charge >= 0.3 is 5.97 Å². The summed E-state index contributed by atoms with van der Waals surface area (Å²) in [4.78, 5) is 24.5. The first-order valence-electron chi connectivity index (χ1n) is 14.7. The Bertz CT molecular complexity index is 841. The van der Waals surface area contributed by atoms with E-state index < -0.39 is 14.5 Å². The number of fused-ring (bicyclic) bond motifs is 5. The highest BCUT2D eigenvalue weighted by atomic mass is 28.4. The first-order valence-corrected chi connectivity index (χ1v) is 18.1. The second kappa shape index (κ2) is 10.1. The Kier molecular flexibility index (Phi) is 7.92. The lowest BCUT2D eigenvalue weighted by molar-refractivity contribution is -0.203. The Morgan fingerprint density at radius 3 is 2.39 bits per heavy atom. The topological polar surface area (TPSA) is 52.6 Å². The molecule has 0 bridgehead atoms. The summed E-state index contributed by atoms with van der Waals surface area (Å²) in [6.45, 7) is 16.1. The number of Topliss-reactive ketones (excluding diaryl/α,β-unsaturated/α-hetero) is 1. The fourth-order valence-corrected chi connectivity index (χ4v) is 11.1. The molecular weight excluding hydrogens is 471 g/mol. The van der Waals surface area contributed by atoms with Crippen LogP contribution in [-0.4, -0.2) is 39.5 Å². The second-order valence-electron chi connectivity index (χ2n) is 14.3. The smallest absolute Gasteiger partial charge is 0.305 e. The van der Waals surface area contributed by atoms with Crippen LogP contribution in [0.5, 0.6) is 0 Å². The molecule has 4 saturated carbocycles. The molecule has 0 saturated heterocycles. The largest absolute Gasteiger partial charge is 0.469 e. The first kappa shape index (κ1) is 28.3. The van der Waals surface area contributed by atoms with Crippen molar-refractivity contribution in [2.24, 2.45) is 52.3 Å². The van der Waals surface area contributed by atoms with Crippen molar-refractivity contribution in [1.29, 1.82) is 0 Å². The average molecular weight is 523 g/mol. The quantitative estimate of drug-likeness (QED) is 0.262. The van der Waals surface area contributed by atoms with E-state index in [4.69, 9.17) is 9.16 Å². The van der Waals surface area contributed by atoms with Crippen LogP contribution in [0, 0.1) is 52.3 Å². The Morgan fingerprint density at radius 1 is 1.11 bits per heavy atom. The SMILES string of the molecule is CC[C@H]1[C@@H](O[Si](C)(C)C)[C@@H]2[C@H](CC[C@]3(C)[C@@H](C(C)CCC(=O)OC)CC[C@@H]23)[C@@]2(C)CCC(=O)[C@H](F)[C@@H]12. The van der Waals surface area contributed by atoms with Gasteiger partial charge in [-0.3, -0.25) is 9.59 Å². The molecule has 0 aromatic carbocycles. The van der Waals surface area contributed by atoms with Gasteiger partial charge in [0, 0.05) is 18.8 Å². The monoisotopic (exact) mass is 522 g/mol. The van der Waals surface area contributed by atoms with E-state index in [0.29, 0.717) is 42.4 Å². The Morgan fingerprint density at radius 2 is 1.78 bits per heavy atom. The number of halogens is 1. The van der Waals surface area contributed by atoms with Gasteiger partial charge in [-0.2, -0.15) is 0 Å². The van der Waals surface area contributed by atoms with Crippen LogP contribution >= 0.6 is 0 Å². The standard InChI is InChI=1S/C30H51FO4Si/c1-9-19-26-27(31)23(32)15-17-30(26,4)22-14-16-29(3)20(18(2)10-13-24(33)34-5)11-12-21(29)25(22)28(19)35-36(6,7)8/h18-22,25-28H,9-17H2,1-8H3/t18?,19-,20-,21+,22+,25+,26-,27+,28-,29-,30-/m1/s1. The summed E-state index contributed by atoms with van der Waals surface area (Å²) in [5, 5.41) is 0. The minimum absolute atomic E-state index is 0.0441. The van der Waals surface area contributed by atoms with Gasteiger partial charge < -0.3 is 9.16 Å². The van der Waals surface area contributed by atoms with Crippen LogP contribution < -0.4 is 0 Å². The zero-order chi connectivity index (χ0) is 26.6. The van der Waals surface area contributed by atoms with E-state index in [-0.39, 0.29) is 40.5 Å². The minimum atomic E-state index is -1.89. The fraction of sp³-hybridized carbons (Fsp3) is 0.933. The van der Waals surface area contributed by atoms with Gasteiger partial charge in [-0.05, 0) is 105 Å². The van der Waals surface area contributed by atoms with Crippen LogP contribution in [0.3, 0.4) is 0 Å². The molecule has 0 aromatic rings. The Balaban J connectivity index is 1.71. The molecule has 0 spiro atoms. The number of hydrogen-bond acceptors (Lipinski definition) is 4. The van der Waals surface area contributed by atoms with Gasteiger partial charge in [-0.15, -0.1) is 0 Å². The van der Waals surface area contributed by atoms with E-state index in [1.165, 1.54) is 20.0 Å². The molecular formula is C30H51FO4Si. The van der Waals surface area contributed by atoms with Crippen LogP contribution in [0.4, 0.5) is 4.39 Å². The molecule has 0 radical (unpaired) electrons. The van der Waals surface area contributed by atoms with Crippen molar-refractivity contribution in [3.05, 3.63) is 0 Å². The van der Waals surface area contributed by atoms with E-state index in [1.807, 2.05) is 0 Å². The number of ketones is 1. The predicted octanol–water partition coefficient (Wildman–Crippen LogP) is 7.22. The lowest BCUT2D eigenvalue weighted by Crippen LogP contribution is -2.66. The normalized spacial score (nSPS) is 45.4. The number of hydrogen-bond donors (Lipinski definition) is 0. The van der Waals surface area contributed by atoms with Crippen LogP contribution in [0.2, 0.25) is 19.6 Å². The van der Waals surface area contributed by atoms with Crippen molar-refractivity contribution >= 4 is 20.1 Å². The van der Waals surface area contributed by atoms with Gasteiger partial charge in [-0.25, -0.2) is 4.39 Å². The third-order valence-electron chi connectivity index (χ3n) is 11.5. The van der Waals surface area contributed by atoms with E-state index in [9.17, 15) is 9.59 Å². The molecule has 0 aliphatic heterocycles. The van der Waals surface area contributed by atoms with Gasteiger partial charge in [0.2, 0.25) is 0 Å². The summed E-state index contributed by atoms with van der Waals surface area (Å²) in [7, 11) is -0.420. The van der Waals surface area contributed by atoms with E-state index in [0.717, 1.165) is 32.1 Å². The molecule has 4 aliphatic rings. The molecule has 36 heavy (non-hydrogen) atoms. The van der Waals surface area contributed by atoms with E-state index in [1.54, 1.807) is 0 Å². The van der Waals surface area contributed by atoms with E-state index >= 15 is 4.39 Å². The van der Waals surface area contributed by atoms with Crippen LogP contribution in [0.1, 0.15) is 85.5 Å². The second-order valence-corrected chi connectivity index (χ2v) is 18.7. The molecule has 11 atom stereocenters. The molecule has 6 heteroatoms. The molecule has 4 nitrogen and oxygen atoms in total. The number of esters is 1. The summed E-state index contributed by atoms with van der Waals surface area (Å²) in [5.74, 6) is 2.07. The number of ether oxygens (including phenoxy) is 1. The van der Waals surface area contributed by atoms with Gasteiger partial charge in [0.05, 0.1) is 13.2 Å². The van der Waals surface area contributed by atoms with Crippen molar-refractivity contribution < 1.29 is 23.1 Å². The minimum Gasteiger partial charge on any atom is -0.469 e. The van der Waals surface area contributed by atoms with Crippen LogP contribution in [-0.2, 0) is 18.8 Å². The summed E-state index contributed by atoms with van der Waals surface area (Å²) >= 11 is 0. The molecule has 0 aromatic heterocycles. The summed E-state index contributed by atoms with van der Waals surface area (Å²) in [5.41, 5.74) is 0.0900. The lowest BCUT2D eigenvalue weighted by atomic mass is 9.41. The predicted molar refractivity (Wildman–Crippen MR) is 144 cm³/mol. The molecule has 4 fully saturated rings. The highest BCUT2D eigenvalue weighted by molar-refractivity contribution is 6.69. The van der Waals surface area contributed by atoms with Crippen LogP contribution in [0.15, 0.2) is 0 Å². The Labute approximate surface area is 220 Å². The molecule has 0 amide bonds. The van der Waals surface area contributed by atoms with Crippen molar-refractivity contribution in [3.63, 3.8) is 0 Å². The molecule has 0 N–H and O–H groups in total. The lowest BCUT2D eigenvalue weighted by Gasteiger charge is -2.65. The molecule has 4 aliphatic carbocycles. The number of carbonyl (C=O) groups is 2. The zero-order valence-electron chi connectivity index (χ0n) is 24.1. The molecule has 206 valence electrons. The van der Waals surface area contributed by atoms with Crippen molar-refractivity contribution in [3.8, 4) is 0 Å². The summed E-state index contributed by atoms with van der Waals surface area (Å²) < 4.78 is 27.8. The van der Waals surface area contributed by atoms with Crippen molar-refractivity contribution in [1.82, 2.24) is 0 Å². The fourth-order valence-electron chi connectivity index (χ4n) is 9.97. The third kappa shape index (κ3) is 4.65. The molecule has 0 heterocycles. The first-order chi connectivity index (χ1) is 16.8. The van der Waals surface area contributed by atoms with Crippen molar-refractivity contribution in [2.45, 2.75) is 117 Å². The highest BCUT2D eigenvalue weighted by Gasteiger charge is 2.67. The Hall–Kier alpha value is -0.753. The number of carbonyl (C=O) groups excluding carboxylic acids is 2. The van der Waals surface area contributed by atoms with Gasteiger partial charge in [0.15, 0.2) is 20.3 Å². The van der Waals surface area contributed by atoms with Crippen molar-refractivity contribution in [2.75, 3.05) is 7.11 Å². The van der Waals surface area contributed by atoms with Crippen LogP contribution in [0.25, 0.3) is 0 Å². The van der Waals surface area contributed by atoms with E-state index in [2.05, 4.69) is 47.3 Å². The maximum absolute atomic E-state index is 15.8. The number of rotatable bonds is 7. The highest BCUT2D eigenvalue weighted by Crippen LogP contribution is 2.70. The molecule has 4 rings (SSSR count). The summed E-state index contributed by atoms with van der Waals surface area (Å²) in [6.07, 6.45) is 6.83. The molecule has 1 unspecified atom stereocenters. The number of methoxy groups -OCH3 is 1. The maximum Gasteiger partial charge on any atom is 0.305 e. The maximum atomic E-state index is 15.8. The van der Waals surface area contributed by atoms with Gasteiger partial charge in [-0.1, -0.05) is 34.1 Å². The average Bonchev–Trinajstić information content (AvgIpc) is 3.17. The number of alkyl halides is 1. The van der Waals surface area contributed by atoms with Gasteiger partial charge in [0.25, 0.3) is 0 Å². The summed E-state index contributed by atoms with van der Waals surface area (Å²) in [6, 6.07) is 0. The van der Waals surface area contributed by atoms with Gasteiger partial charge in [0.1, 0.15) is 0 Å².